The first-order chi connectivity index (χ1) is 7.43. The molecule has 0 amide bonds. The summed E-state index contributed by atoms with van der Waals surface area (Å²) < 4.78 is 2.19. The number of fused-ring (bicyclic) bond motifs is 1. The average molecular weight is 218 g/mol. The van der Waals surface area contributed by atoms with Gasteiger partial charge < -0.3 is 15.4 Å². The van der Waals surface area contributed by atoms with Crippen molar-refractivity contribution in [2.45, 2.75) is 32.9 Å². The Balaban J connectivity index is 2.76. The van der Waals surface area contributed by atoms with Crippen molar-refractivity contribution in [1.82, 2.24) is 4.57 Å². The van der Waals surface area contributed by atoms with Crippen LogP contribution in [-0.4, -0.2) is 9.67 Å². The van der Waals surface area contributed by atoms with Crippen LogP contribution in [0.15, 0.2) is 24.3 Å². The van der Waals surface area contributed by atoms with Crippen LogP contribution in [0.5, 0.6) is 5.75 Å². The zero-order valence-electron chi connectivity index (χ0n) is 9.99. The smallest absolute Gasteiger partial charge is 0.116 e. The predicted molar refractivity (Wildman–Crippen MR) is 66.5 cm³/mol. The highest BCUT2D eigenvalue weighted by Crippen LogP contribution is 2.28. The highest BCUT2D eigenvalue weighted by molar-refractivity contribution is 5.83. The molecule has 0 fully saturated rings. The Morgan fingerprint density at radius 1 is 1.31 bits per heavy atom. The van der Waals surface area contributed by atoms with Gasteiger partial charge in [0.25, 0.3) is 0 Å². The van der Waals surface area contributed by atoms with Gasteiger partial charge in [-0.25, -0.2) is 0 Å². The topological polar surface area (TPSA) is 51.2 Å². The Labute approximate surface area is 95.5 Å². The fourth-order valence-electron chi connectivity index (χ4n) is 2.13. The van der Waals surface area contributed by atoms with Crippen LogP contribution in [0.1, 0.15) is 26.5 Å². The Morgan fingerprint density at radius 2 is 2.00 bits per heavy atom. The molecule has 0 saturated heterocycles. The molecular formula is C13H18N2O. The van der Waals surface area contributed by atoms with Crippen molar-refractivity contribution in [3.05, 3.63) is 30.0 Å². The third-order valence-electron chi connectivity index (χ3n) is 2.86. The van der Waals surface area contributed by atoms with Crippen LogP contribution in [-0.2, 0) is 12.1 Å². The first-order valence-electron chi connectivity index (χ1n) is 5.55. The van der Waals surface area contributed by atoms with E-state index in [4.69, 9.17) is 5.73 Å². The molecule has 0 aliphatic rings. The molecule has 1 aromatic carbocycles. The van der Waals surface area contributed by atoms with E-state index < -0.39 is 0 Å². The van der Waals surface area contributed by atoms with Gasteiger partial charge in [0.05, 0.1) is 5.54 Å². The number of hydrogen-bond donors (Lipinski definition) is 2. The predicted octanol–water partition coefficient (Wildman–Crippen LogP) is 2.56. The van der Waals surface area contributed by atoms with Crippen molar-refractivity contribution >= 4 is 10.9 Å². The van der Waals surface area contributed by atoms with Gasteiger partial charge in [0.1, 0.15) is 5.75 Å². The number of benzene rings is 1. The van der Waals surface area contributed by atoms with Crippen molar-refractivity contribution in [2.75, 3.05) is 0 Å². The SMILES string of the molecule is CCn1c(C(C)(C)N)cc2cc(O)ccc21. The molecule has 3 nitrogen and oxygen atoms in total. The average Bonchev–Trinajstić information content (AvgIpc) is 2.54. The van der Waals surface area contributed by atoms with Gasteiger partial charge in [-0.2, -0.15) is 0 Å². The summed E-state index contributed by atoms with van der Waals surface area (Å²) in [5.41, 5.74) is 7.99. The standard InChI is InChI=1S/C13H18N2O/c1-4-15-11-6-5-10(16)7-9(11)8-12(15)13(2,3)14/h5-8,16H,4,14H2,1-3H3. The molecule has 86 valence electrons. The minimum atomic E-state index is -0.370. The molecule has 0 aliphatic heterocycles. The lowest BCUT2D eigenvalue weighted by Crippen LogP contribution is -2.31. The van der Waals surface area contributed by atoms with Crippen molar-refractivity contribution in [1.29, 1.82) is 0 Å². The molecule has 2 aromatic rings. The molecule has 1 aromatic heterocycles. The van der Waals surface area contributed by atoms with Crippen LogP contribution in [0, 0.1) is 0 Å². The normalized spacial score (nSPS) is 12.2. The summed E-state index contributed by atoms with van der Waals surface area (Å²) in [6, 6.07) is 7.47. The zero-order chi connectivity index (χ0) is 11.9. The van der Waals surface area contributed by atoms with Gasteiger partial charge in [-0.1, -0.05) is 0 Å². The highest BCUT2D eigenvalue weighted by Gasteiger charge is 2.20. The quantitative estimate of drug-likeness (QED) is 0.814. The molecule has 3 N–H and O–H groups in total. The van der Waals surface area contributed by atoms with E-state index in [0.29, 0.717) is 5.75 Å². The molecule has 2 rings (SSSR count). The number of aromatic nitrogens is 1. The van der Waals surface area contributed by atoms with Gasteiger partial charge in [-0.15, -0.1) is 0 Å². The lowest BCUT2D eigenvalue weighted by atomic mass is 10.0. The van der Waals surface area contributed by atoms with Crippen molar-refractivity contribution in [3.63, 3.8) is 0 Å². The van der Waals surface area contributed by atoms with Crippen LogP contribution < -0.4 is 5.73 Å². The second kappa shape index (κ2) is 3.52. The van der Waals surface area contributed by atoms with Gasteiger partial charge in [0, 0.05) is 23.1 Å². The summed E-state index contributed by atoms with van der Waals surface area (Å²) in [5.74, 6) is 0.294. The molecule has 0 bridgehead atoms. The largest absolute Gasteiger partial charge is 0.508 e. The van der Waals surface area contributed by atoms with E-state index in [2.05, 4.69) is 17.6 Å². The van der Waals surface area contributed by atoms with E-state index in [1.807, 2.05) is 19.9 Å². The molecule has 0 unspecified atom stereocenters. The molecule has 0 spiro atoms. The summed E-state index contributed by atoms with van der Waals surface area (Å²) in [4.78, 5) is 0. The maximum Gasteiger partial charge on any atom is 0.116 e. The molecule has 0 radical (unpaired) electrons. The Morgan fingerprint density at radius 3 is 2.56 bits per heavy atom. The molecule has 0 atom stereocenters. The van der Waals surface area contributed by atoms with E-state index in [-0.39, 0.29) is 5.54 Å². The minimum absolute atomic E-state index is 0.294. The summed E-state index contributed by atoms with van der Waals surface area (Å²) in [5, 5.41) is 10.5. The zero-order valence-corrected chi connectivity index (χ0v) is 9.99. The van der Waals surface area contributed by atoms with Crippen LogP contribution in [0.4, 0.5) is 0 Å². The van der Waals surface area contributed by atoms with Gasteiger partial charge in [0.2, 0.25) is 0 Å². The van der Waals surface area contributed by atoms with Gasteiger partial charge in [0.15, 0.2) is 0 Å². The number of aryl methyl sites for hydroxylation is 1. The van der Waals surface area contributed by atoms with Crippen LogP contribution in [0.25, 0.3) is 10.9 Å². The number of phenolic OH excluding ortho intramolecular Hbond substituents is 1. The number of aromatic hydroxyl groups is 1. The molecule has 0 aliphatic carbocycles. The first-order valence-corrected chi connectivity index (χ1v) is 5.55. The Hall–Kier alpha value is -1.48. The highest BCUT2D eigenvalue weighted by atomic mass is 16.3. The first kappa shape index (κ1) is 11.0. The van der Waals surface area contributed by atoms with E-state index in [0.717, 1.165) is 23.1 Å². The van der Waals surface area contributed by atoms with Crippen molar-refractivity contribution in [2.24, 2.45) is 5.73 Å². The van der Waals surface area contributed by atoms with Crippen LogP contribution >= 0.6 is 0 Å². The molecule has 3 heteroatoms. The summed E-state index contributed by atoms with van der Waals surface area (Å²) >= 11 is 0. The third-order valence-corrected chi connectivity index (χ3v) is 2.86. The maximum atomic E-state index is 9.47. The Bertz CT molecular complexity index is 520. The van der Waals surface area contributed by atoms with Gasteiger partial charge >= 0.3 is 0 Å². The van der Waals surface area contributed by atoms with E-state index in [9.17, 15) is 5.11 Å². The summed E-state index contributed by atoms with van der Waals surface area (Å²) in [6.07, 6.45) is 0. The maximum absolute atomic E-state index is 9.47. The fourth-order valence-corrected chi connectivity index (χ4v) is 2.13. The van der Waals surface area contributed by atoms with E-state index in [1.54, 1.807) is 12.1 Å². The lowest BCUT2D eigenvalue weighted by molar-refractivity contribution is 0.476. The Kier molecular flexibility index (Phi) is 2.43. The molecule has 1 heterocycles. The number of nitrogens with two attached hydrogens (primary N) is 1. The van der Waals surface area contributed by atoms with Crippen molar-refractivity contribution in [3.8, 4) is 5.75 Å². The number of phenols is 1. The minimum Gasteiger partial charge on any atom is -0.508 e. The molecule has 0 saturated carbocycles. The number of hydrogen-bond acceptors (Lipinski definition) is 2. The van der Waals surface area contributed by atoms with E-state index >= 15 is 0 Å². The lowest BCUT2D eigenvalue weighted by Gasteiger charge is -2.21. The summed E-state index contributed by atoms with van der Waals surface area (Å²) in [6.45, 7) is 6.96. The van der Waals surface area contributed by atoms with Gasteiger partial charge in [-0.05, 0) is 45.0 Å². The van der Waals surface area contributed by atoms with Gasteiger partial charge in [-0.3, -0.25) is 0 Å². The monoisotopic (exact) mass is 218 g/mol. The fraction of sp³-hybridized carbons (Fsp3) is 0.385. The second-order valence-electron chi connectivity index (χ2n) is 4.74. The molecular weight excluding hydrogens is 200 g/mol. The van der Waals surface area contributed by atoms with Crippen LogP contribution in [0.3, 0.4) is 0 Å². The number of nitrogens with zero attached hydrogens (tertiary/aromatic N) is 1. The van der Waals surface area contributed by atoms with Crippen LogP contribution in [0.2, 0.25) is 0 Å². The second-order valence-corrected chi connectivity index (χ2v) is 4.74. The van der Waals surface area contributed by atoms with E-state index in [1.165, 1.54) is 0 Å². The van der Waals surface area contributed by atoms with Crippen molar-refractivity contribution < 1.29 is 5.11 Å². The summed E-state index contributed by atoms with van der Waals surface area (Å²) in [7, 11) is 0. The number of rotatable bonds is 2. The third kappa shape index (κ3) is 1.67. The molecule has 16 heavy (non-hydrogen) atoms.